The van der Waals surface area contributed by atoms with Crippen molar-refractivity contribution < 1.29 is 13.9 Å². The number of unbranched alkanes of at least 4 members (excludes halogenated alkanes) is 1. The third kappa shape index (κ3) is 6.26. The van der Waals surface area contributed by atoms with Crippen LogP contribution in [0, 0.1) is 18.6 Å². The Morgan fingerprint density at radius 3 is 2.56 bits per heavy atom. The van der Waals surface area contributed by atoms with Gasteiger partial charge in [-0.05, 0) is 61.4 Å². The Morgan fingerprint density at radius 1 is 1.08 bits per heavy atom. The summed E-state index contributed by atoms with van der Waals surface area (Å²) in [6, 6.07) is 9.62. The molecule has 0 bridgehead atoms. The van der Waals surface area contributed by atoms with E-state index in [1.807, 2.05) is 32.0 Å². The van der Waals surface area contributed by atoms with Gasteiger partial charge in [-0.15, -0.1) is 0 Å². The van der Waals surface area contributed by atoms with Crippen LogP contribution in [0.25, 0.3) is 23.0 Å². The van der Waals surface area contributed by atoms with E-state index in [1.165, 1.54) is 17.0 Å². The number of aliphatic hydroxyl groups excluding tert-OH is 1. The summed E-state index contributed by atoms with van der Waals surface area (Å²) >= 11 is 0. The molecule has 9 heteroatoms. The van der Waals surface area contributed by atoms with Gasteiger partial charge < -0.3 is 21.1 Å². The molecule has 0 fully saturated rings. The zero-order chi connectivity index (χ0) is 27.9. The molecule has 2 heterocycles. The SMILES string of the molecule is C=C(NCCCC)c1ccc(C)c(-c2nc(NCCNCC)nc3c2C=CC(O)N3c2c(F)cccc2F)c1. The molecular formula is C30H36F2N6O. The molecule has 4 N–H and O–H groups in total. The summed E-state index contributed by atoms with van der Waals surface area (Å²) in [7, 11) is 0. The zero-order valence-electron chi connectivity index (χ0n) is 22.7. The fourth-order valence-corrected chi connectivity index (χ4v) is 4.45. The summed E-state index contributed by atoms with van der Waals surface area (Å²) in [5.41, 5.74) is 4.26. The van der Waals surface area contributed by atoms with Crippen molar-refractivity contribution in [2.75, 3.05) is 36.4 Å². The van der Waals surface area contributed by atoms with Gasteiger partial charge in [-0.25, -0.2) is 13.8 Å². The molecule has 206 valence electrons. The number of halogens is 2. The summed E-state index contributed by atoms with van der Waals surface area (Å²) in [5.74, 6) is -1.11. The topological polar surface area (TPSA) is 85.3 Å². The lowest BCUT2D eigenvalue weighted by Gasteiger charge is -2.33. The Hall–Kier alpha value is -3.82. The van der Waals surface area contributed by atoms with Gasteiger partial charge >= 0.3 is 0 Å². The summed E-state index contributed by atoms with van der Waals surface area (Å²) < 4.78 is 29.9. The first-order chi connectivity index (χ1) is 18.8. The number of nitrogens with one attached hydrogen (secondary N) is 3. The number of fused-ring (bicyclic) bond motifs is 1. The van der Waals surface area contributed by atoms with Crippen molar-refractivity contribution in [3.63, 3.8) is 0 Å². The van der Waals surface area contributed by atoms with E-state index >= 15 is 0 Å². The van der Waals surface area contributed by atoms with Crippen molar-refractivity contribution in [1.29, 1.82) is 0 Å². The number of aliphatic hydroxyl groups is 1. The summed E-state index contributed by atoms with van der Waals surface area (Å²) in [6.07, 6.45) is 3.97. The van der Waals surface area contributed by atoms with Crippen LogP contribution in [0.5, 0.6) is 0 Å². The maximum Gasteiger partial charge on any atom is 0.225 e. The first kappa shape index (κ1) is 28.2. The third-order valence-electron chi connectivity index (χ3n) is 6.58. The number of rotatable bonds is 12. The van der Waals surface area contributed by atoms with Gasteiger partial charge in [-0.2, -0.15) is 4.98 Å². The van der Waals surface area contributed by atoms with E-state index in [9.17, 15) is 13.9 Å². The normalized spacial score (nSPS) is 14.3. The van der Waals surface area contributed by atoms with Gasteiger partial charge in [-0.1, -0.05) is 45.0 Å². The highest BCUT2D eigenvalue weighted by molar-refractivity contribution is 5.87. The molecule has 0 amide bonds. The largest absolute Gasteiger partial charge is 0.385 e. The second-order valence-electron chi connectivity index (χ2n) is 9.42. The molecule has 3 aromatic rings. The predicted molar refractivity (Wildman–Crippen MR) is 155 cm³/mol. The molecule has 2 aromatic carbocycles. The smallest absolute Gasteiger partial charge is 0.225 e. The minimum Gasteiger partial charge on any atom is -0.385 e. The van der Waals surface area contributed by atoms with Crippen LogP contribution in [-0.4, -0.2) is 47.5 Å². The lowest BCUT2D eigenvalue weighted by molar-refractivity contribution is 0.226. The Kier molecular flexibility index (Phi) is 9.27. The van der Waals surface area contributed by atoms with Crippen LogP contribution in [0.15, 0.2) is 49.1 Å². The number of benzene rings is 2. The summed E-state index contributed by atoms with van der Waals surface area (Å²) in [5, 5.41) is 20.7. The monoisotopic (exact) mass is 534 g/mol. The number of likely N-dealkylation sites (N-methyl/N-ethyl adjacent to an activating group) is 1. The fourth-order valence-electron chi connectivity index (χ4n) is 4.45. The molecular weight excluding hydrogens is 498 g/mol. The van der Waals surface area contributed by atoms with Gasteiger partial charge in [0.1, 0.15) is 23.1 Å². The van der Waals surface area contributed by atoms with Crippen LogP contribution >= 0.6 is 0 Å². The van der Waals surface area contributed by atoms with E-state index in [0.29, 0.717) is 24.3 Å². The van der Waals surface area contributed by atoms with Crippen molar-refractivity contribution in [3.05, 3.63) is 77.4 Å². The first-order valence-corrected chi connectivity index (χ1v) is 13.4. The fraction of sp³-hybridized carbons (Fsp3) is 0.333. The highest BCUT2D eigenvalue weighted by Crippen LogP contribution is 2.41. The summed E-state index contributed by atoms with van der Waals surface area (Å²) in [6.45, 7) is 13.2. The second kappa shape index (κ2) is 12.8. The Labute approximate surface area is 228 Å². The highest BCUT2D eigenvalue weighted by Gasteiger charge is 2.31. The number of anilines is 3. The molecule has 0 saturated carbocycles. The highest BCUT2D eigenvalue weighted by atomic mass is 19.1. The standard InChI is InChI=1S/C30H36F2N6O/c1-5-7-15-34-20(4)21-12-11-19(3)23(18-21)27-22-13-14-26(39)38(28-24(31)9-8-10-25(28)32)29(22)37-30(36-27)35-17-16-33-6-2/h8-14,18,26,33-34,39H,4-7,15-17H2,1-3H3,(H,35,36,37). The van der Waals surface area contributed by atoms with E-state index in [0.717, 1.165) is 60.5 Å². The zero-order valence-corrected chi connectivity index (χ0v) is 22.7. The molecule has 0 saturated heterocycles. The van der Waals surface area contributed by atoms with Crippen molar-refractivity contribution in [1.82, 2.24) is 20.6 Å². The molecule has 1 aliphatic rings. The molecule has 7 nitrogen and oxygen atoms in total. The maximum absolute atomic E-state index is 14.9. The summed E-state index contributed by atoms with van der Waals surface area (Å²) in [4.78, 5) is 10.6. The van der Waals surface area contributed by atoms with E-state index in [-0.39, 0.29) is 17.5 Å². The van der Waals surface area contributed by atoms with Gasteiger partial charge in [0.05, 0.1) is 5.69 Å². The number of hydrogen-bond donors (Lipinski definition) is 4. The van der Waals surface area contributed by atoms with Crippen molar-refractivity contribution in [2.24, 2.45) is 0 Å². The average molecular weight is 535 g/mol. The third-order valence-corrected chi connectivity index (χ3v) is 6.58. The van der Waals surface area contributed by atoms with E-state index in [4.69, 9.17) is 4.98 Å². The van der Waals surface area contributed by atoms with Gasteiger partial charge in [0, 0.05) is 36.5 Å². The second-order valence-corrected chi connectivity index (χ2v) is 9.42. The minimum atomic E-state index is -1.32. The number of aryl methyl sites for hydroxylation is 1. The Balaban J connectivity index is 1.86. The molecule has 0 radical (unpaired) electrons. The van der Waals surface area contributed by atoms with Crippen LogP contribution in [0.4, 0.5) is 26.2 Å². The number of para-hydroxylation sites is 1. The number of aromatic nitrogens is 2. The molecule has 0 spiro atoms. The quantitative estimate of drug-likeness (QED) is 0.225. The molecule has 0 aliphatic carbocycles. The van der Waals surface area contributed by atoms with Gasteiger partial charge in [0.25, 0.3) is 0 Å². The Bertz CT molecular complexity index is 1340. The van der Waals surface area contributed by atoms with Gasteiger partial charge in [0.15, 0.2) is 6.23 Å². The molecule has 1 unspecified atom stereocenters. The minimum absolute atomic E-state index is 0.203. The lowest BCUT2D eigenvalue weighted by atomic mass is 9.96. The maximum atomic E-state index is 14.9. The average Bonchev–Trinajstić information content (AvgIpc) is 2.92. The van der Waals surface area contributed by atoms with Crippen LogP contribution in [0.3, 0.4) is 0 Å². The lowest BCUT2D eigenvalue weighted by Crippen LogP contribution is -2.34. The predicted octanol–water partition coefficient (Wildman–Crippen LogP) is 5.60. The van der Waals surface area contributed by atoms with Crippen LogP contribution in [0.1, 0.15) is 43.4 Å². The van der Waals surface area contributed by atoms with Gasteiger partial charge in [-0.3, -0.25) is 4.90 Å². The molecule has 4 rings (SSSR count). The molecule has 1 aliphatic heterocycles. The van der Waals surface area contributed by atoms with Crippen molar-refractivity contribution >= 4 is 29.2 Å². The van der Waals surface area contributed by atoms with E-state index in [2.05, 4.69) is 34.4 Å². The Morgan fingerprint density at radius 2 is 1.85 bits per heavy atom. The van der Waals surface area contributed by atoms with E-state index < -0.39 is 17.9 Å². The van der Waals surface area contributed by atoms with Crippen molar-refractivity contribution in [3.8, 4) is 11.3 Å². The number of hydrogen-bond acceptors (Lipinski definition) is 7. The van der Waals surface area contributed by atoms with Crippen molar-refractivity contribution in [2.45, 2.75) is 39.8 Å². The molecule has 39 heavy (non-hydrogen) atoms. The molecule has 1 atom stereocenters. The van der Waals surface area contributed by atoms with E-state index in [1.54, 1.807) is 6.08 Å². The number of nitrogens with zero attached hydrogens (tertiary/aromatic N) is 3. The molecule has 1 aromatic heterocycles. The van der Waals surface area contributed by atoms with Gasteiger partial charge in [0.2, 0.25) is 5.95 Å². The van der Waals surface area contributed by atoms with Crippen LogP contribution in [0.2, 0.25) is 0 Å². The van der Waals surface area contributed by atoms with Crippen LogP contribution in [-0.2, 0) is 0 Å². The first-order valence-electron chi connectivity index (χ1n) is 13.4. The van der Waals surface area contributed by atoms with Crippen LogP contribution < -0.4 is 20.9 Å².